The molecule has 216 valence electrons. The third-order valence-electron chi connectivity index (χ3n) is 6.80. The second-order valence-corrected chi connectivity index (χ2v) is 13.6. The molecule has 1 saturated heterocycles. The second-order valence-electron chi connectivity index (χ2n) is 9.46. The minimum atomic E-state index is -4.89. The first kappa shape index (κ1) is 30.3. The summed E-state index contributed by atoms with van der Waals surface area (Å²) in [6.07, 6.45) is -4.89. The summed E-state index contributed by atoms with van der Waals surface area (Å²) in [6, 6.07) is 18.2. The number of hydrogen-bond donors (Lipinski definition) is 3. The SMILES string of the molecule is CC(O)(c1ccc(N2CCN(S(=O)(=O)c3ccccc3S)C[C@@H]2CNS(=O)(=O)c2ccccc2)cc1)C(F)(F)F. The first-order valence-electron chi connectivity index (χ1n) is 12.1. The summed E-state index contributed by atoms with van der Waals surface area (Å²) in [4.78, 5) is 2.04. The number of thiol groups is 1. The standard InChI is InChI=1S/C26H28F3N3O5S3/c1-25(33,26(27,28)29)19-11-13-20(14-12-19)32-16-15-31(40(36,37)24-10-6-5-9-23(24)38)18-21(32)17-30-39(34,35)22-7-3-2-4-8-22/h2-14,21,30,33,38H,15-18H2,1H3/t21-,25?/m0/s1. The number of anilines is 1. The zero-order chi connectivity index (χ0) is 29.3. The number of hydrogen-bond acceptors (Lipinski definition) is 7. The summed E-state index contributed by atoms with van der Waals surface area (Å²) in [5.74, 6) is 0. The molecule has 3 aromatic rings. The number of sulfonamides is 2. The third kappa shape index (κ3) is 6.16. The van der Waals surface area contributed by atoms with Crippen LogP contribution in [0, 0.1) is 0 Å². The van der Waals surface area contributed by atoms with Gasteiger partial charge in [0.05, 0.1) is 15.8 Å². The lowest BCUT2D eigenvalue weighted by molar-refractivity contribution is -0.258. The molecule has 0 aromatic heterocycles. The highest BCUT2D eigenvalue weighted by atomic mass is 32.2. The number of alkyl halides is 3. The second kappa shape index (κ2) is 11.3. The van der Waals surface area contributed by atoms with E-state index in [9.17, 15) is 35.1 Å². The van der Waals surface area contributed by atoms with Crippen molar-refractivity contribution in [1.29, 1.82) is 0 Å². The van der Waals surface area contributed by atoms with Crippen molar-refractivity contribution in [3.63, 3.8) is 0 Å². The fourth-order valence-corrected chi connectivity index (χ4v) is 7.56. The molecule has 2 N–H and O–H groups in total. The van der Waals surface area contributed by atoms with Crippen molar-refractivity contribution in [3.8, 4) is 0 Å². The van der Waals surface area contributed by atoms with Gasteiger partial charge in [0.2, 0.25) is 20.0 Å². The highest BCUT2D eigenvalue weighted by molar-refractivity contribution is 7.90. The summed E-state index contributed by atoms with van der Waals surface area (Å²) < 4.78 is 96.4. The van der Waals surface area contributed by atoms with Crippen LogP contribution in [0.5, 0.6) is 0 Å². The van der Waals surface area contributed by atoms with E-state index < -0.39 is 37.9 Å². The lowest BCUT2D eigenvalue weighted by atomic mass is 9.95. The van der Waals surface area contributed by atoms with Gasteiger partial charge in [-0.25, -0.2) is 21.6 Å². The molecule has 14 heteroatoms. The fourth-order valence-electron chi connectivity index (χ4n) is 4.40. The van der Waals surface area contributed by atoms with Gasteiger partial charge in [-0.15, -0.1) is 12.6 Å². The normalized spacial score (nSPS) is 18.9. The van der Waals surface area contributed by atoms with Gasteiger partial charge in [0.25, 0.3) is 0 Å². The number of rotatable bonds is 8. The molecule has 8 nitrogen and oxygen atoms in total. The Hall–Kier alpha value is -2.62. The van der Waals surface area contributed by atoms with E-state index in [1.807, 2.05) is 0 Å². The van der Waals surface area contributed by atoms with E-state index in [0.717, 1.165) is 12.1 Å². The lowest BCUT2D eigenvalue weighted by Gasteiger charge is -2.42. The van der Waals surface area contributed by atoms with Crippen molar-refractivity contribution >= 4 is 38.4 Å². The van der Waals surface area contributed by atoms with E-state index in [2.05, 4.69) is 17.4 Å². The summed E-state index contributed by atoms with van der Waals surface area (Å²) in [5.41, 5.74) is -2.99. The van der Waals surface area contributed by atoms with Crippen LogP contribution in [0.15, 0.2) is 93.5 Å². The Balaban J connectivity index is 1.64. The van der Waals surface area contributed by atoms with E-state index in [0.29, 0.717) is 12.6 Å². The van der Waals surface area contributed by atoms with Gasteiger partial charge in [-0.1, -0.05) is 42.5 Å². The lowest BCUT2D eigenvalue weighted by Crippen LogP contribution is -2.58. The summed E-state index contributed by atoms with van der Waals surface area (Å²) in [6.45, 7) is 0.527. The van der Waals surface area contributed by atoms with Crippen LogP contribution in [0.1, 0.15) is 12.5 Å². The molecule has 0 bridgehead atoms. The van der Waals surface area contributed by atoms with Crippen molar-refractivity contribution in [2.24, 2.45) is 0 Å². The van der Waals surface area contributed by atoms with Crippen LogP contribution in [0.3, 0.4) is 0 Å². The topological polar surface area (TPSA) is 107 Å². The molecule has 0 spiro atoms. The predicted molar refractivity (Wildman–Crippen MR) is 147 cm³/mol. The Bertz CT molecular complexity index is 1550. The molecule has 0 aliphatic carbocycles. The Kier molecular flexibility index (Phi) is 8.60. The molecule has 1 aliphatic rings. The summed E-state index contributed by atoms with van der Waals surface area (Å²) in [7, 11) is -7.92. The van der Waals surface area contributed by atoms with E-state index in [1.54, 1.807) is 41.3 Å². The third-order valence-corrected chi connectivity index (χ3v) is 10.7. The molecule has 1 aliphatic heterocycles. The largest absolute Gasteiger partial charge is 0.421 e. The van der Waals surface area contributed by atoms with Crippen molar-refractivity contribution in [2.75, 3.05) is 31.1 Å². The maximum Gasteiger partial charge on any atom is 0.421 e. The van der Waals surface area contributed by atoms with Gasteiger partial charge in [0.15, 0.2) is 5.60 Å². The summed E-state index contributed by atoms with van der Waals surface area (Å²) in [5, 5.41) is 10.0. The van der Waals surface area contributed by atoms with Crippen molar-refractivity contribution < 1.29 is 35.1 Å². The number of nitrogens with zero attached hydrogens (tertiary/aromatic N) is 2. The number of piperazine rings is 1. The molecular formula is C26H28F3N3O5S3. The zero-order valence-electron chi connectivity index (χ0n) is 21.3. The van der Waals surface area contributed by atoms with Gasteiger partial charge in [0.1, 0.15) is 0 Å². The van der Waals surface area contributed by atoms with Crippen molar-refractivity contribution in [2.45, 2.75) is 39.4 Å². The van der Waals surface area contributed by atoms with Crippen molar-refractivity contribution in [1.82, 2.24) is 9.03 Å². The van der Waals surface area contributed by atoms with Crippen LogP contribution in [-0.2, 0) is 25.6 Å². The molecular weight excluding hydrogens is 587 g/mol. The van der Waals surface area contributed by atoms with Crippen LogP contribution in [0.25, 0.3) is 0 Å². The van der Waals surface area contributed by atoms with Gasteiger partial charge in [0, 0.05) is 36.8 Å². The molecule has 40 heavy (non-hydrogen) atoms. The Morgan fingerprint density at radius 2 is 1.52 bits per heavy atom. The first-order chi connectivity index (χ1) is 18.6. The van der Waals surface area contributed by atoms with E-state index >= 15 is 0 Å². The first-order valence-corrected chi connectivity index (χ1v) is 15.5. The minimum absolute atomic E-state index is 0.00846. The van der Waals surface area contributed by atoms with Gasteiger partial charge in [-0.05, 0) is 48.9 Å². The highest BCUT2D eigenvalue weighted by Crippen LogP contribution is 2.39. The number of halogens is 3. The van der Waals surface area contributed by atoms with E-state index in [1.165, 1.54) is 34.6 Å². The maximum atomic E-state index is 13.5. The fraction of sp³-hybridized carbons (Fsp3) is 0.308. The molecule has 0 radical (unpaired) electrons. The van der Waals surface area contributed by atoms with Crippen LogP contribution in [0.4, 0.5) is 18.9 Å². The van der Waals surface area contributed by atoms with Gasteiger partial charge >= 0.3 is 6.18 Å². The molecule has 1 fully saturated rings. The molecule has 1 heterocycles. The minimum Gasteiger partial charge on any atom is -0.376 e. The number of benzene rings is 3. The number of aliphatic hydroxyl groups is 1. The average Bonchev–Trinajstić information content (AvgIpc) is 2.92. The van der Waals surface area contributed by atoms with E-state index in [-0.39, 0.29) is 46.4 Å². The quantitative estimate of drug-likeness (QED) is 0.335. The van der Waals surface area contributed by atoms with Gasteiger partial charge < -0.3 is 10.0 Å². The molecule has 0 amide bonds. The maximum absolute atomic E-state index is 13.5. The van der Waals surface area contributed by atoms with Gasteiger partial charge in [-0.3, -0.25) is 0 Å². The molecule has 0 saturated carbocycles. The molecule has 2 atom stereocenters. The Morgan fingerprint density at radius 1 is 0.925 bits per heavy atom. The van der Waals surface area contributed by atoms with Crippen LogP contribution in [0.2, 0.25) is 0 Å². The van der Waals surface area contributed by atoms with Gasteiger partial charge in [-0.2, -0.15) is 17.5 Å². The van der Waals surface area contributed by atoms with E-state index in [4.69, 9.17) is 0 Å². The Morgan fingerprint density at radius 3 is 2.12 bits per heavy atom. The van der Waals surface area contributed by atoms with Crippen LogP contribution >= 0.6 is 12.6 Å². The molecule has 3 aromatic carbocycles. The highest BCUT2D eigenvalue weighted by Gasteiger charge is 2.51. The monoisotopic (exact) mass is 615 g/mol. The molecule has 4 rings (SSSR count). The predicted octanol–water partition coefficient (Wildman–Crippen LogP) is 3.60. The van der Waals surface area contributed by atoms with Crippen LogP contribution in [-0.4, -0.2) is 64.6 Å². The average molecular weight is 616 g/mol. The van der Waals surface area contributed by atoms with Crippen molar-refractivity contribution in [3.05, 3.63) is 84.4 Å². The Labute approximate surface area is 236 Å². The van der Waals surface area contributed by atoms with Crippen LogP contribution < -0.4 is 9.62 Å². The number of nitrogens with one attached hydrogen (secondary N) is 1. The zero-order valence-corrected chi connectivity index (χ0v) is 23.8. The summed E-state index contributed by atoms with van der Waals surface area (Å²) >= 11 is 4.27. The molecule has 1 unspecified atom stereocenters. The smallest absolute Gasteiger partial charge is 0.376 e.